The van der Waals surface area contributed by atoms with E-state index in [9.17, 15) is 4.39 Å². The Hall–Kier alpha value is -1.75. The van der Waals surface area contributed by atoms with Gasteiger partial charge < -0.3 is 10.3 Å². The fourth-order valence-electron chi connectivity index (χ4n) is 2.40. The number of hydrogen-bond donors (Lipinski definition) is 1. The molecular weight excluding hydrogens is 245 g/mol. The van der Waals surface area contributed by atoms with Crippen molar-refractivity contribution < 1.29 is 8.91 Å². The van der Waals surface area contributed by atoms with Gasteiger partial charge in [-0.3, -0.25) is 0 Å². The highest BCUT2D eigenvalue weighted by atomic mass is 19.1. The number of rotatable bonds is 3. The average Bonchev–Trinajstić information content (AvgIpc) is 2.82. The van der Waals surface area contributed by atoms with E-state index in [-0.39, 0.29) is 11.2 Å². The van der Waals surface area contributed by atoms with Gasteiger partial charge in [-0.05, 0) is 31.4 Å². The number of nitrogens with two attached hydrogens (primary N) is 1. The van der Waals surface area contributed by atoms with Gasteiger partial charge >= 0.3 is 0 Å². The van der Waals surface area contributed by atoms with E-state index in [1.165, 1.54) is 6.07 Å². The Morgan fingerprint density at radius 2 is 2.21 bits per heavy atom. The van der Waals surface area contributed by atoms with Crippen molar-refractivity contribution in [2.75, 3.05) is 6.54 Å². The molecule has 1 fully saturated rings. The zero-order chi connectivity index (χ0) is 13.5. The topological polar surface area (TPSA) is 64.9 Å². The largest absolute Gasteiger partial charge is 0.338 e. The highest BCUT2D eigenvalue weighted by Gasteiger charge is 2.42. The van der Waals surface area contributed by atoms with Crippen LogP contribution in [0.4, 0.5) is 4.39 Å². The minimum Gasteiger partial charge on any atom is -0.338 e. The SMILES string of the molecule is Cc1ccc(-c2noc(C3(CN)CCC3)n2)cc1F. The molecule has 0 bridgehead atoms. The van der Waals surface area contributed by atoms with Gasteiger partial charge in [0.2, 0.25) is 11.7 Å². The van der Waals surface area contributed by atoms with Gasteiger partial charge in [-0.25, -0.2) is 4.39 Å². The third-order valence-corrected chi connectivity index (χ3v) is 4.01. The van der Waals surface area contributed by atoms with Gasteiger partial charge in [0, 0.05) is 12.1 Å². The zero-order valence-electron chi connectivity index (χ0n) is 10.8. The molecule has 0 amide bonds. The first-order valence-corrected chi connectivity index (χ1v) is 6.45. The van der Waals surface area contributed by atoms with Gasteiger partial charge in [0.25, 0.3) is 0 Å². The molecule has 100 valence electrons. The third kappa shape index (κ3) is 1.94. The van der Waals surface area contributed by atoms with Gasteiger partial charge in [0.15, 0.2) is 0 Å². The maximum absolute atomic E-state index is 13.5. The molecule has 1 aromatic carbocycles. The van der Waals surface area contributed by atoms with E-state index in [1.54, 1.807) is 19.1 Å². The molecule has 1 aliphatic rings. The Kier molecular flexibility index (Phi) is 2.86. The lowest BCUT2D eigenvalue weighted by atomic mass is 9.69. The molecule has 0 radical (unpaired) electrons. The standard InChI is InChI=1S/C14H16FN3O/c1-9-3-4-10(7-11(9)15)12-17-13(19-18-12)14(8-16)5-2-6-14/h3-4,7H,2,5-6,8,16H2,1H3. The van der Waals surface area contributed by atoms with Crippen molar-refractivity contribution in [3.05, 3.63) is 35.5 Å². The Labute approximate surface area is 110 Å². The Morgan fingerprint density at radius 3 is 2.79 bits per heavy atom. The molecule has 19 heavy (non-hydrogen) atoms. The summed E-state index contributed by atoms with van der Waals surface area (Å²) in [6.07, 6.45) is 3.09. The fourth-order valence-corrected chi connectivity index (χ4v) is 2.40. The van der Waals surface area contributed by atoms with Crippen LogP contribution >= 0.6 is 0 Å². The fraction of sp³-hybridized carbons (Fsp3) is 0.429. The lowest BCUT2D eigenvalue weighted by Crippen LogP contribution is -2.41. The first kappa shape index (κ1) is 12.3. The van der Waals surface area contributed by atoms with Crippen molar-refractivity contribution in [1.29, 1.82) is 0 Å². The van der Waals surface area contributed by atoms with E-state index in [0.29, 0.717) is 29.4 Å². The van der Waals surface area contributed by atoms with Gasteiger partial charge in [-0.2, -0.15) is 4.98 Å². The quantitative estimate of drug-likeness (QED) is 0.922. The van der Waals surface area contributed by atoms with Crippen molar-refractivity contribution in [3.63, 3.8) is 0 Å². The molecule has 1 aromatic heterocycles. The van der Waals surface area contributed by atoms with Gasteiger partial charge in [0.05, 0.1) is 5.41 Å². The summed E-state index contributed by atoms with van der Waals surface area (Å²) in [5.41, 5.74) is 6.88. The molecule has 0 atom stereocenters. The highest BCUT2D eigenvalue weighted by Crippen LogP contribution is 2.42. The lowest BCUT2D eigenvalue weighted by Gasteiger charge is -2.36. The van der Waals surface area contributed by atoms with Crippen LogP contribution in [-0.2, 0) is 5.41 Å². The summed E-state index contributed by atoms with van der Waals surface area (Å²) in [4.78, 5) is 4.39. The smallest absolute Gasteiger partial charge is 0.234 e. The second-order valence-corrected chi connectivity index (χ2v) is 5.23. The Bertz CT molecular complexity index is 599. The van der Waals surface area contributed by atoms with Crippen LogP contribution < -0.4 is 5.73 Å². The molecule has 4 nitrogen and oxygen atoms in total. The predicted molar refractivity (Wildman–Crippen MR) is 69.0 cm³/mol. The molecule has 2 N–H and O–H groups in total. The third-order valence-electron chi connectivity index (χ3n) is 4.01. The van der Waals surface area contributed by atoms with Crippen molar-refractivity contribution >= 4 is 0 Å². The van der Waals surface area contributed by atoms with Crippen molar-refractivity contribution in [1.82, 2.24) is 10.1 Å². The van der Waals surface area contributed by atoms with Crippen LogP contribution in [0.2, 0.25) is 0 Å². The van der Waals surface area contributed by atoms with Crippen LogP contribution in [0.5, 0.6) is 0 Å². The van der Waals surface area contributed by atoms with Crippen molar-refractivity contribution in [3.8, 4) is 11.4 Å². The monoisotopic (exact) mass is 261 g/mol. The second kappa shape index (κ2) is 4.42. The molecule has 0 spiro atoms. The number of nitrogens with zero attached hydrogens (tertiary/aromatic N) is 2. The van der Waals surface area contributed by atoms with Crippen LogP contribution in [0, 0.1) is 12.7 Å². The molecule has 5 heteroatoms. The molecule has 1 aliphatic carbocycles. The Balaban J connectivity index is 1.94. The predicted octanol–water partition coefficient (Wildman–Crippen LogP) is 2.56. The molecule has 2 aromatic rings. The summed E-state index contributed by atoms with van der Waals surface area (Å²) in [5, 5.41) is 3.94. The minimum atomic E-state index is -0.263. The van der Waals surface area contributed by atoms with Crippen LogP contribution in [0.15, 0.2) is 22.7 Å². The first-order chi connectivity index (χ1) is 9.14. The molecule has 3 rings (SSSR count). The molecule has 1 saturated carbocycles. The van der Waals surface area contributed by atoms with Crippen molar-refractivity contribution in [2.24, 2.45) is 5.73 Å². The average molecular weight is 261 g/mol. The number of hydrogen-bond acceptors (Lipinski definition) is 4. The number of aromatic nitrogens is 2. The van der Waals surface area contributed by atoms with E-state index in [1.807, 2.05) is 0 Å². The summed E-state index contributed by atoms with van der Waals surface area (Å²) < 4.78 is 18.9. The van der Waals surface area contributed by atoms with Gasteiger partial charge in [-0.1, -0.05) is 23.7 Å². The summed E-state index contributed by atoms with van der Waals surface area (Å²) in [5.74, 6) is 0.742. The number of benzene rings is 1. The Morgan fingerprint density at radius 1 is 1.42 bits per heavy atom. The lowest BCUT2D eigenvalue weighted by molar-refractivity contribution is 0.182. The van der Waals surface area contributed by atoms with Crippen molar-refractivity contribution in [2.45, 2.75) is 31.6 Å². The first-order valence-electron chi connectivity index (χ1n) is 6.45. The maximum atomic E-state index is 13.5. The van der Waals surface area contributed by atoms with E-state index in [0.717, 1.165) is 19.3 Å². The minimum absolute atomic E-state index is 0.158. The van der Waals surface area contributed by atoms with E-state index in [4.69, 9.17) is 10.3 Å². The van der Waals surface area contributed by atoms with E-state index < -0.39 is 0 Å². The highest BCUT2D eigenvalue weighted by molar-refractivity contribution is 5.55. The summed E-state index contributed by atoms with van der Waals surface area (Å²) in [7, 11) is 0. The van der Waals surface area contributed by atoms with E-state index >= 15 is 0 Å². The van der Waals surface area contributed by atoms with Crippen LogP contribution in [-0.4, -0.2) is 16.7 Å². The summed E-state index contributed by atoms with van der Waals surface area (Å²) in [6, 6.07) is 4.94. The zero-order valence-corrected chi connectivity index (χ0v) is 10.8. The van der Waals surface area contributed by atoms with E-state index in [2.05, 4.69) is 10.1 Å². The molecule has 1 heterocycles. The molecule has 0 saturated heterocycles. The van der Waals surface area contributed by atoms with Crippen LogP contribution in [0.25, 0.3) is 11.4 Å². The summed E-state index contributed by atoms with van der Waals surface area (Å²) in [6.45, 7) is 2.23. The van der Waals surface area contributed by atoms with Gasteiger partial charge in [0.1, 0.15) is 5.82 Å². The normalized spacial score (nSPS) is 17.2. The maximum Gasteiger partial charge on any atom is 0.234 e. The number of aryl methyl sites for hydroxylation is 1. The summed E-state index contributed by atoms with van der Waals surface area (Å²) >= 11 is 0. The van der Waals surface area contributed by atoms with Crippen LogP contribution in [0.1, 0.15) is 30.7 Å². The molecular formula is C14H16FN3O. The second-order valence-electron chi connectivity index (χ2n) is 5.23. The molecule has 0 aliphatic heterocycles. The molecule has 0 unspecified atom stereocenters. The van der Waals surface area contributed by atoms with Crippen LogP contribution in [0.3, 0.4) is 0 Å². The van der Waals surface area contributed by atoms with Gasteiger partial charge in [-0.15, -0.1) is 0 Å². The number of halogens is 1.